The van der Waals surface area contributed by atoms with Crippen LogP contribution in [0.3, 0.4) is 0 Å². The van der Waals surface area contributed by atoms with E-state index >= 15 is 0 Å². The van der Waals surface area contributed by atoms with Crippen LogP contribution in [0.25, 0.3) is 0 Å². The Balaban J connectivity index is 1.97. The molecule has 1 fully saturated rings. The number of hydrogen-bond acceptors (Lipinski definition) is 6. The van der Waals surface area contributed by atoms with E-state index in [0.717, 1.165) is 26.2 Å². The predicted molar refractivity (Wildman–Crippen MR) is 72.5 cm³/mol. The van der Waals surface area contributed by atoms with Gasteiger partial charge in [-0.1, -0.05) is 0 Å². The number of rotatable bonds is 3. The molecule has 1 aromatic rings. The summed E-state index contributed by atoms with van der Waals surface area (Å²) in [6.07, 6.45) is 0. The van der Waals surface area contributed by atoms with Crippen molar-refractivity contribution >= 4 is 11.7 Å². The summed E-state index contributed by atoms with van der Waals surface area (Å²) in [7, 11) is 0. The average molecular weight is 264 g/mol. The molecule has 1 aliphatic rings. The summed E-state index contributed by atoms with van der Waals surface area (Å²) in [5, 5.41) is 7.69. The van der Waals surface area contributed by atoms with Crippen molar-refractivity contribution in [3.8, 4) is 0 Å². The summed E-state index contributed by atoms with van der Waals surface area (Å²) in [6.45, 7) is 7.60. The molecule has 0 atom stereocenters. The summed E-state index contributed by atoms with van der Waals surface area (Å²) >= 11 is 0. The largest absolute Gasteiger partial charge is 0.335 e. The van der Waals surface area contributed by atoms with Gasteiger partial charge in [-0.15, -0.1) is 10.2 Å². The Bertz CT molecular complexity index is 424. The van der Waals surface area contributed by atoms with Gasteiger partial charge in [0.05, 0.1) is 0 Å². The van der Waals surface area contributed by atoms with E-state index in [1.807, 2.05) is 4.90 Å². The molecule has 0 aromatic carbocycles. The topological polar surface area (TPSA) is 87.4 Å². The first-order valence-corrected chi connectivity index (χ1v) is 6.45. The molecule has 19 heavy (non-hydrogen) atoms. The van der Waals surface area contributed by atoms with Crippen LogP contribution in [0.5, 0.6) is 0 Å². The Labute approximate surface area is 112 Å². The third kappa shape index (κ3) is 3.18. The molecule has 0 saturated carbocycles. The van der Waals surface area contributed by atoms with Crippen molar-refractivity contribution in [2.75, 3.05) is 31.6 Å². The van der Waals surface area contributed by atoms with Gasteiger partial charge in [-0.05, 0) is 26.0 Å². The molecule has 3 N–H and O–H groups in total. The highest BCUT2D eigenvalue weighted by atomic mass is 16.2. The van der Waals surface area contributed by atoms with E-state index in [0.29, 0.717) is 17.6 Å². The number of hydrogen-bond donors (Lipinski definition) is 2. The zero-order valence-corrected chi connectivity index (χ0v) is 11.3. The highest BCUT2D eigenvalue weighted by Crippen LogP contribution is 2.09. The van der Waals surface area contributed by atoms with Crippen molar-refractivity contribution < 1.29 is 4.79 Å². The minimum Gasteiger partial charge on any atom is -0.335 e. The molecule has 2 rings (SSSR count). The maximum absolute atomic E-state index is 12.2. The van der Waals surface area contributed by atoms with Crippen LogP contribution < -0.4 is 11.3 Å². The molecule has 1 aromatic heterocycles. The van der Waals surface area contributed by atoms with Gasteiger partial charge in [0.15, 0.2) is 11.5 Å². The van der Waals surface area contributed by atoms with E-state index in [9.17, 15) is 4.79 Å². The number of carbonyl (C=O) groups is 1. The van der Waals surface area contributed by atoms with Crippen LogP contribution in [0.1, 0.15) is 24.3 Å². The van der Waals surface area contributed by atoms with Crippen LogP contribution in [0.4, 0.5) is 5.82 Å². The van der Waals surface area contributed by atoms with Crippen molar-refractivity contribution in [2.24, 2.45) is 5.84 Å². The third-order valence-electron chi connectivity index (χ3n) is 3.36. The van der Waals surface area contributed by atoms with Gasteiger partial charge in [0.25, 0.3) is 5.91 Å². The Morgan fingerprint density at radius 1 is 1.26 bits per heavy atom. The zero-order chi connectivity index (χ0) is 13.8. The van der Waals surface area contributed by atoms with Crippen molar-refractivity contribution in [1.82, 2.24) is 20.0 Å². The fourth-order valence-electron chi connectivity index (χ4n) is 2.13. The molecule has 7 nitrogen and oxygen atoms in total. The Hall–Kier alpha value is -1.73. The minimum atomic E-state index is -0.0699. The SMILES string of the molecule is CC(C)N1CCN(C(=O)c2ccc(NN)nn2)CC1. The lowest BCUT2D eigenvalue weighted by Crippen LogP contribution is -2.50. The Kier molecular flexibility index (Phi) is 4.28. The van der Waals surface area contributed by atoms with E-state index in [-0.39, 0.29) is 5.91 Å². The van der Waals surface area contributed by atoms with Crippen LogP contribution in [-0.4, -0.2) is 58.1 Å². The summed E-state index contributed by atoms with van der Waals surface area (Å²) in [5.74, 6) is 5.58. The quantitative estimate of drug-likeness (QED) is 0.587. The van der Waals surface area contributed by atoms with Crippen molar-refractivity contribution in [1.29, 1.82) is 0 Å². The highest BCUT2D eigenvalue weighted by molar-refractivity contribution is 5.92. The first-order valence-electron chi connectivity index (χ1n) is 6.45. The first-order chi connectivity index (χ1) is 9.11. The van der Waals surface area contributed by atoms with Crippen molar-refractivity contribution in [3.63, 3.8) is 0 Å². The summed E-state index contributed by atoms with van der Waals surface area (Å²) in [5.41, 5.74) is 2.74. The molecular weight excluding hydrogens is 244 g/mol. The Morgan fingerprint density at radius 3 is 2.42 bits per heavy atom. The smallest absolute Gasteiger partial charge is 0.274 e. The normalized spacial score (nSPS) is 16.7. The fraction of sp³-hybridized carbons (Fsp3) is 0.583. The standard InChI is InChI=1S/C12H20N6O/c1-9(2)17-5-7-18(8-6-17)12(19)10-3-4-11(14-13)16-15-10/h3-4,9H,5-8,13H2,1-2H3,(H,14,16). The van der Waals surface area contributed by atoms with Gasteiger partial charge in [-0.3, -0.25) is 9.69 Å². The molecule has 1 amide bonds. The van der Waals surface area contributed by atoms with E-state index in [4.69, 9.17) is 5.84 Å². The van der Waals surface area contributed by atoms with Gasteiger partial charge in [0.2, 0.25) is 0 Å². The van der Waals surface area contributed by atoms with Crippen LogP contribution in [0.2, 0.25) is 0 Å². The number of anilines is 1. The van der Waals surface area contributed by atoms with E-state index < -0.39 is 0 Å². The molecule has 1 aliphatic heterocycles. The highest BCUT2D eigenvalue weighted by Gasteiger charge is 2.24. The second-order valence-corrected chi connectivity index (χ2v) is 4.87. The summed E-state index contributed by atoms with van der Waals surface area (Å²) < 4.78 is 0. The van der Waals surface area contributed by atoms with Gasteiger partial charge in [-0.25, -0.2) is 5.84 Å². The van der Waals surface area contributed by atoms with Crippen LogP contribution in [-0.2, 0) is 0 Å². The number of carbonyl (C=O) groups excluding carboxylic acids is 1. The lowest BCUT2D eigenvalue weighted by molar-refractivity contribution is 0.0589. The molecule has 0 aliphatic carbocycles. The number of amides is 1. The zero-order valence-electron chi connectivity index (χ0n) is 11.3. The lowest BCUT2D eigenvalue weighted by Gasteiger charge is -2.36. The number of piperazine rings is 1. The van der Waals surface area contributed by atoms with Crippen LogP contribution in [0.15, 0.2) is 12.1 Å². The van der Waals surface area contributed by atoms with E-state index in [1.54, 1.807) is 12.1 Å². The molecule has 0 spiro atoms. The summed E-state index contributed by atoms with van der Waals surface area (Å²) in [4.78, 5) is 16.4. The molecule has 2 heterocycles. The molecule has 0 radical (unpaired) electrons. The maximum Gasteiger partial charge on any atom is 0.274 e. The molecule has 7 heteroatoms. The summed E-state index contributed by atoms with van der Waals surface area (Å²) in [6, 6.07) is 3.80. The monoisotopic (exact) mass is 264 g/mol. The van der Waals surface area contributed by atoms with Crippen molar-refractivity contribution in [3.05, 3.63) is 17.8 Å². The average Bonchev–Trinajstić information content (AvgIpc) is 2.46. The number of hydrazine groups is 1. The number of nitrogens with two attached hydrogens (primary N) is 1. The van der Waals surface area contributed by atoms with Gasteiger partial charge in [-0.2, -0.15) is 0 Å². The number of nitrogen functional groups attached to an aromatic ring is 1. The maximum atomic E-state index is 12.2. The molecule has 0 bridgehead atoms. The number of aromatic nitrogens is 2. The lowest BCUT2D eigenvalue weighted by atomic mass is 10.2. The third-order valence-corrected chi connectivity index (χ3v) is 3.36. The molecule has 1 saturated heterocycles. The van der Waals surface area contributed by atoms with Gasteiger partial charge in [0, 0.05) is 32.2 Å². The van der Waals surface area contributed by atoms with Crippen LogP contribution in [0, 0.1) is 0 Å². The van der Waals surface area contributed by atoms with E-state index in [2.05, 4.69) is 34.4 Å². The van der Waals surface area contributed by atoms with Crippen molar-refractivity contribution in [2.45, 2.75) is 19.9 Å². The number of nitrogens with zero attached hydrogens (tertiary/aromatic N) is 4. The Morgan fingerprint density at radius 2 is 1.95 bits per heavy atom. The van der Waals surface area contributed by atoms with Gasteiger partial charge >= 0.3 is 0 Å². The second-order valence-electron chi connectivity index (χ2n) is 4.87. The van der Waals surface area contributed by atoms with Crippen LogP contribution >= 0.6 is 0 Å². The molecule has 104 valence electrons. The second kappa shape index (κ2) is 5.94. The fourth-order valence-corrected chi connectivity index (χ4v) is 2.13. The molecule has 0 unspecified atom stereocenters. The first kappa shape index (κ1) is 13.7. The van der Waals surface area contributed by atoms with Gasteiger partial charge < -0.3 is 10.3 Å². The number of nitrogens with one attached hydrogen (secondary N) is 1. The van der Waals surface area contributed by atoms with E-state index in [1.165, 1.54) is 0 Å². The van der Waals surface area contributed by atoms with Gasteiger partial charge in [0.1, 0.15) is 0 Å². The predicted octanol–water partition coefficient (Wildman–Crippen LogP) is -0.0716. The minimum absolute atomic E-state index is 0.0699. The molecular formula is C12H20N6O.